The fourth-order valence-electron chi connectivity index (χ4n) is 1.79. The number of aliphatic hydroxyl groups excluding tert-OH is 1. The number of aromatic hydroxyl groups is 1. The molecule has 0 aliphatic rings. The van der Waals surface area contributed by atoms with Gasteiger partial charge in [0.15, 0.2) is 11.5 Å². The molecule has 0 aliphatic heterocycles. The molecule has 2 aromatic rings. The van der Waals surface area contributed by atoms with Gasteiger partial charge in [-0.3, -0.25) is 4.79 Å². The molecule has 5 nitrogen and oxygen atoms in total. The summed E-state index contributed by atoms with van der Waals surface area (Å²) in [4.78, 5) is 23.6. The van der Waals surface area contributed by atoms with E-state index < -0.39 is 11.7 Å². The van der Waals surface area contributed by atoms with E-state index >= 15 is 0 Å². The number of hydrogen-bond donors (Lipinski definition) is 2. The average Bonchev–Trinajstić information content (AvgIpc) is 2.54. The number of phenols is 1. The first-order chi connectivity index (χ1) is 10.5. The first-order valence-corrected chi connectivity index (χ1v) is 6.53. The summed E-state index contributed by atoms with van der Waals surface area (Å²) in [5, 5.41) is 19.2. The normalized spacial score (nSPS) is 11.0. The minimum Gasteiger partial charge on any atom is -0.507 e. The third-order valence-electron chi connectivity index (χ3n) is 2.94. The van der Waals surface area contributed by atoms with Crippen molar-refractivity contribution in [3.05, 3.63) is 71.5 Å². The Morgan fingerprint density at radius 2 is 1.77 bits per heavy atom. The zero-order chi connectivity index (χ0) is 16.1. The predicted octanol–water partition coefficient (Wildman–Crippen LogP) is 2.99. The van der Waals surface area contributed by atoms with Gasteiger partial charge in [0.25, 0.3) is 0 Å². The number of hydrogen-bond acceptors (Lipinski definition) is 5. The summed E-state index contributed by atoms with van der Waals surface area (Å²) in [7, 11) is 0. The Hall–Kier alpha value is -3.08. The van der Waals surface area contributed by atoms with Gasteiger partial charge in [0, 0.05) is 11.6 Å². The van der Waals surface area contributed by atoms with Gasteiger partial charge >= 0.3 is 5.97 Å². The van der Waals surface area contributed by atoms with Gasteiger partial charge in [-0.2, -0.15) is 0 Å². The SMILES string of the molecule is CC=C(O)C(=O)Oc1ccc(C(=O)c2ccccc2)c(O)c1. The first-order valence-electron chi connectivity index (χ1n) is 6.53. The van der Waals surface area contributed by atoms with Crippen molar-refractivity contribution in [3.8, 4) is 11.5 Å². The fourth-order valence-corrected chi connectivity index (χ4v) is 1.79. The average molecular weight is 298 g/mol. The number of esters is 1. The monoisotopic (exact) mass is 298 g/mol. The summed E-state index contributed by atoms with van der Waals surface area (Å²) < 4.78 is 4.86. The van der Waals surface area contributed by atoms with E-state index in [1.807, 2.05) is 0 Å². The van der Waals surface area contributed by atoms with Gasteiger partial charge in [-0.1, -0.05) is 30.3 Å². The van der Waals surface area contributed by atoms with Crippen molar-refractivity contribution in [2.45, 2.75) is 6.92 Å². The third kappa shape index (κ3) is 3.32. The molecular formula is C17H14O5. The van der Waals surface area contributed by atoms with Gasteiger partial charge in [-0.15, -0.1) is 0 Å². The van der Waals surface area contributed by atoms with Crippen molar-refractivity contribution in [2.75, 3.05) is 0 Å². The molecule has 22 heavy (non-hydrogen) atoms. The summed E-state index contributed by atoms with van der Waals surface area (Å²) in [6.07, 6.45) is 1.19. The number of aliphatic hydroxyl groups is 1. The molecule has 0 saturated heterocycles. The predicted molar refractivity (Wildman–Crippen MR) is 80.0 cm³/mol. The molecule has 0 unspecified atom stereocenters. The highest BCUT2D eigenvalue weighted by molar-refractivity contribution is 6.10. The molecule has 0 aromatic heterocycles. The van der Waals surface area contributed by atoms with Crippen LogP contribution in [0.2, 0.25) is 0 Å². The maximum atomic E-state index is 12.2. The lowest BCUT2D eigenvalue weighted by molar-refractivity contribution is -0.132. The van der Waals surface area contributed by atoms with Crippen molar-refractivity contribution in [2.24, 2.45) is 0 Å². The molecular weight excluding hydrogens is 284 g/mol. The Morgan fingerprint density at radius 1 is 1.09 bits per heavy atom. The fraction of sp³-hybridized carbons (Fsp3) is 0.0588. The number of allylic oxidation sites excluding steroid dienone is 1. The number of benzene rings is 2. The molecule has 0 spiro atoms. The van der Waals surface area contributed by atoms with Crippen LogP contribution < -0.4 is 4.74 Å². The van der Waals surface area contributed by atoms with Gasteiger partial charge in [0.05, 0.1) is 5.56 Å². The molecule has 0 aliphatic carbocycles. The second kappa shape index (κ2) is 6.58. The van der Waals surface area contributed by atoms with Gasteiger partial charge in [-0.05, 0) is 25.1 Å². The van der Waals surface area contributed by atoms with Crippen molar-refractivity contribution in [1.29, 1.82) is 0 Å². The Balaban J connectivity index is 2.24. The number of ether oxygens (including phenoxy) is 1. The van der Waals surface area contributed by atoms with Crippen LogP contribution in [0.15, 0.2) is 60.4 Å². The summed E-state index contributed by atoms with van der Waals surface area (Å²) in [6, 6.07) is 12.4. The minimum absolute atomic E-state index is 0.0283. The van der Waals surface area contributed by atoms with Gasteiger partial charge < -0.3 is 14.9 Å². The van der Waals surface area contributed by atoms with E-state index in [9.17, 15) is 19.8 Å². The Labute approximate surface area is 127 Å². The zero-order valence-corrected chi connectivity index (χ0v) is 11.8. The zero-order valence-electron chi connectivity index (χ0n) is 11.8. The maximum Gasteiger partial charge on any atom is 0.378 e. The van der Waals surface area contributed by atoms with E-state index in [1.54, 1.807) is 30.3 Å². The highest BCUT2D eigenvalue weighted by Crippen LogP contribution is 2.26. The summed E-state index contributed by atoms with van der Waals surface area (Å²) in [5.41, 5.74) is 0.537. The maximum absolute atomic E-state index is 12.2. The van der Waals surface area contributed by atoms with E-state index in [0.717, 1.165) is 6.07 Å². The lowest BCUT2D eigenvalue weighted by Crippen LogP contribution is -2.11. The lowest BCUT2D eigenvalue weighted by atomic mass is 10.0. The number of carbonyl (C=O) groups is 2. The van der Waals surface area contributed by atoms with Crippen LogP contribution in [-0.2, 0) is 4.79 Å². The number of ketones is 1. The van der Waals surface area contributed by atoms with Gasteiger partial charge in [0.1, 0.15) is 11.5 Å². The molecule has 0 radical (unpaired) electrons. The van der Waals surface area contributed by atoms with Gasteiger partial charge in [0.2, 0.25) is 0 Å². The molecule has 5 heteroatoms. The Bertz CT molecular complexity index is 732. The van der Waals surface area contributed by atoms with Crippen LogP contribution in [0.1, 0.15) is 22.8 Å². The molecule has 2 aromatic carbocycles. The van der Waals surface area contributed by atoms with Crippen LogP contribution in [0.25, 0.3) is 0 Å². The Morgan fingerprint density at radius 3 is 2.36 bits per heavy atom. The minimum atomic E-state index is -0.941. The van der Waals surface area contributed by atoms with E-state index in [-0.39, 0.29) is 22.8 Å². The highest BCUT2D eigenvalue weighted by Gasteiger charge is 2.16. The third-order valence-corrected chi connectivity index (χ3v) is 2.94. The second-order valence-corrected chi connectivity index (χ2v) is 4.44. The Kier molecular flexibility index (Phi) is 4.58. The highest BCUT2D eigenvalue weighted by atomic mass is 16.5. The molecule has 2 N–H and O–H groups in total. The van der Waals surface area contributed by atoms with Crippen LogP contribution in [0.5, 0.6) is 11.5 Å². The quantitative estimate of drug-likeness (QED) is 0.298. The molecule has 0 amide bonds. The van der Waals surface area contributed by atoms with Gasteiger partial charge in [-0.25, -0.2) is 4.79 Å². The smallest absolute Gasteiger partial charge is 0.378 e. The summed E-state index contributed by atoms with van der Waals surface area (Å²) in [6.45, 7) is 1.48. The van der Waals surface area contributed by atoms with Crippen LogP contribution in [0, 0.1) is 0 Å². The molecule has 0 fully saturated rings. The molecule has 0 heterocycles. The summed E-state index contributed by atoms with van der Waals surface area (Å²) >= 11 is 0. The molecule has 2 rings (SSSR count). The largest absolute Gasteiger partial charge is 0.507 e. The molecule has 112 valence electrons. The standard InChI is InChI=1S/C17H14O5/c1-2-14(18)17(21)22-12-8-9-13(15(19)10-12)16(20)11-6-4-3-5-7-11/h2-10,18-19H,1H3. The second-order valence-electron chi connectivity index (χ2n) is 4.44. The van der Waals surface area contributed by atoms with Crippen molar-refractivity contribution < 1.29 is 24.5 Å². The molecule has 0 saturated carbocycles. The van der Waals surface area contributed by atoms with E-state index in [4.69, 9.17) is 4.74 Å². The number of carbonyl (C=O) groups excluding carboxylic acids is 2. The number of rotatable bonds is 4. The van der Waals surface area contributed by atoms with Crippen LogP contribution in [-0.4, -0.2) is 22.0 Å². The first kappa shape index (κ1) is 15.3. The lowest BCUT2D eigenvalue weighted by Gasteiger charge is -2.07. The van der Waals surface area contributed by atoms with E-state index in [1.165, 1.54) is 25.1 Å². The topological polar surface area (TPSA) is 83.8 Å². The van der Waals surface area contributed by atoms with Crippen LogP contribution in [0.3, 0.4) is 0 Å². The van der Waals surface area contributed by atoms with Crippen molar-refractivity contribution in [3.63, 3.8) is 0 Å². The summed E-state index contributed by atoms with van der Waals surface area (Å²) in [5.74, 6) is -2.10. The molecule has 0 bridgehead atoms. The van der Waals surface area contributed by atoms with Crippen molar-refractivity contribution in [1.82, 2.24) is 0 Å². The molecule has 0 atom stereocenters. The van der Waals surface area contributed by atoms with E-state index in [2.05, 4.69) is 0 Å². The van der Waals surface area contributed by atoms with Crippen molar-refractivity contribution >= 4 is 11.8 Å². The number of phenolic OH excluding ortho intramolecular Hbond substituents is 1. The van der Waals surface area contributed by atoms with E-state index in [0.29, 0.717) is 5.56 Å². The van der Waals surface area contributed by atoms with Crippen LogP contribution >= 0.6 is 0 Å². The van der Waals surface area contributed by atoms with Crippen LogP contribution in [0.4, 0.5) is 0 Å².